The highest BCUT2D eigenvalue weighted by Gasteiger charge is 2.42. The van der Waals surface area contributed by atoms with Crippen LogP contribution in [0.4, 0.5) is 0 Å². The van der Waals surface area contributed by atoms with Crippen molar-refractivity contribution in [2.45, 2.75) is 42.1 Å². The molecule has 1 atom stereocenters. The molecule has 1 fully saturated rings. The van der Waals surface area contributed by atoms with Crippen LogP contribution in [-0.2, 0) is 11.2 Å². The van der Waals surface area contributed by atoms with E-state index in [1.807, 2.05) is 30.3 Å². The first-order valence-electron chi connectivity index (χ1n) is 7.71. The molecule has 3 nitrogen and oxygen atoms in total. The minimum atomic E-state index is -1.51. The van der Waals surface area contributed by atoms with Gasteiger partial charge in [-0.2, -0.15) is 0 Å². The molecular formula is C16H22Cl3N2O+. The zero-order chi connectivity index (χ0) is 16.0. The number of alkyl halides is 3. The molecule has 1 amide bonds. The molecule has 0 aromatic heterocycles. The molecule has 0 bridgehead atoms. The van der Waals surface area contributed by atoms with E-state index in [1.165, 1.54) is 12.8 Å². The number of hydrogen-bond donors (Lipinski definition) is 2. The Morgan fingerprint density at radius 2 is 1.68 bits per heavy atom. The number of nitrogens with one attached hydrogen (secondary N) is 2. The van der Waals surface area contributed by atoms with E-state index < -0.39 is 9.96 Å². The fraction of sp³-hybridized carbons (Fsp3) is 0.562. The SMILES string of the molecule is O=C(Cc1ccccc1)N[C@@H]([NH+]1CCCCCC1)C(Cl)(Cl)Cl. The van der Waals surface area contributed by atoms with E-state index in [4.69, 9.17) is 34.8 Å². The Balaban J connectivity index is 2.01. The van der Waals surface area contributed by atoms with Crippen LogP contribution in [0.5, 0.6) is 0 Å². The second kappa shape index (κ2) is 8.39. The molecular weight excluding hydrogens is 343 g/mol. The summed E-state index contributed by atoms with van der Waals surface area (Å²) in [6.45, 7) is 1.84. The highest BCUT2D eigenvalue weighted by atomic mass is 35.6. The first kappa shape index (κ1) is 17.9. The molecule has 1 aliphatic rings. The summed E-state index contributed by atoms with van der Waals surface area (Å²) in [5, 5.41) is 2.93. The zero-order valence-corrected chi connectivity index (χ0v) is 14.7. The Morgan fingerprint density at radius 3 is 2.23 bits per heavy atom. The number of benzene rings is 1. The monoisotopic (exact) mass is 363 g/mol. The van der Waals surface area contributed by atoms with Gasteiger partial charge in [-0.3, -0.25) is 4.79 Å². The maximum absolute atomic E-state index is 12.3. The normalized spacial score (nSPS) is 18.5. The summed E-state index contributed by atoms with van der Waals surface area (Å²) in [5.74, 6) is -0.112. The minimum absolute atomic E-state index is 0.112. The van der Waals surface area contributed by atoms with Gasteiger partial charge in [0.15, 0.2) is 0 Å². The summed E-state index contributed by atoms with van der Waals surface area (Å²) in [4.78, 5) is 13.4. The summed E-state index contributed by atoms with van der Waals surface area (Å²) in [7, 11) is 0. The average Bonchev–Trinajstić information content (AvgIpc) is 2.73. The topological polar surface area (TPSA) is 33.5 Å². The maximum atomic E-state index is 12.3. The van der Waals surface area contributed by atoms with E-state index in [-0.39, 0.29) is 5.91 Å². The summed E-state index contributed by atoms with van der Waals surface area (Å²) in [5.41, 5.74) is 0.953. The number of hydrogen-bond acceptors (Lipinski definition) is 1. The Labute approximate surface area is 146 Å². The first-order chi connectivity index (χ1) is 10.5. The van der Waals surface area contributed by atoms with E-state index >= 15 is 0 Å². The van der Waals surface area contributed by atoms with Crippen LogP contribution in [0, 0.1) is 0 Å². The van der Waals surface area contributed by atoms with Crippen molar-refractivity contribution in [1.82, 2.24) is 5.32 Å². The van der Waals surface area contributed by atoms with E-state index in [2.05, 4.69) is 5.32 Å². The summed E-state index contributed by atoms with van der Waals surface area (Å²) >= 11 is 18.4. The standard InChI is InChI=1S/C16H21Cl3N2O/c17-16(18,19)15(21-10-6-1-2-7-11-21)20-14(22)12-13-8-4-3-5-9-13/h3-5,8-9,15H,1-2,6-7,10-12H2,(H,20,22)/p+1/t15-/m0/s1. The molecule has 0 radical (unpaired) electrons. The van der Waals surface area contributed by atoms with Crippen LogP contribution in [0.15, 0.2) is 30.3 Å². The van der Waals surface area contributed by atoms with Crippen molar-refractivity contribution in [1.29, 1.82) is 0 Å². The third-order valence-electron chi connectivity index (χ3n) is 3.99. The lowest BCUT2D eigenvalue weighted by Gasteiger charge is -2.32. The molecule has 1 saturated heterocycles. The number of carbonyl (C=O) groups is 1. The van der Waals surface area contributed by atoms with Gasteiger partial charge >= 0.3 is 0 Å². The number of carbonyl (C=O) groups excluding carboxylic acids is 1. The fourth-order valence-electron chi connectivity index (χ4n) is 2.88. The van der Waals surface area contributed by atoms with Crippen LogP contribution in [0.25, 0.3) is 0 Å². The number of quaternary nitrogens is 1. The molecule has 1 aliphatic heterocycles. The van der Waals surface area contributed by atoms with Gasteiger partial charge in [-0.05, 0) is 31.2 Å². The van der Waals surface area contributed by atoms with E-state index in [0.29, 0.717) is 6.42 Å². The van der Waals surface area contributed by atoms with Crippen LogP contribution >= 0.6 is 34.8 Å². The predicted molar refractivity (Wildman–Crippen MR) is 91.5 cm³/mol. The Morgan fingerprint density at radius 1 is 1.09 bits per heavy atom. The first-order valence-corrected chi connectivity index (χ1v) is 8.85. The molecule has 122 valence electrons. The fourth-order valence-corrected chi connectivity index (χ4v) is 3.51. The molecule has 6 heteroatoms. The molecule has 1 heterocycles. The molecule has 0 aliphatic carbocycles. The van der Waals surface area contributed by atoms with Crippen molar-refractivity contribution in [3.8, 4) is 0 Å². The van der Waals surface area contributed by atoms with Gasteiger partial charge in [0.25, 0.3) is 3.79 Å². The quantitative estimate of drug-likeness (QED) is 0.791. The maximum Gasteiger partial charge on any atom is 0.262 e. The lowest BCUT2D eigenvalue weighted by Crippen LogP contribution is -3.19. The van der Waals surface area contributed by atoms with Crippen molar-refractivity contribution < 1.29 is 9.69 Å². The van der Waals surface area contributed by atoms with Gasteiger partial charge in [-0.1, -0.05) is 65.1 Å². The molecule has 0 saturated carbocycles. The summed E-state index contributed by atoms with van der Waals surface area (Å²) < 4.78 is -1.51. The van der Waals surface area contributed by atoms with Crippen molar-refractivity contribution in [2.24, 2.45) is 0 Å². The number of rotatable bonds is 4. The number of halogens is 3. The van der Waals surface area contributed by atoms with E-state index in [9.17, 15) is 4.79 Å². The van der Waals surface area contributed by atoms with Crippen molar-refractivity contribution >= 4 is 40.7 Å². The third-order valence-corrected chi connectivity index (χ3v) is 4.65. The van der Waals surface area contributed by atoms with Crippen LogP contribution in [0.3, 0.4) is 0 Å². The predicted octanol–water partition coefficient (Wildman–Crippen LogP) is 2.50. The van der Waals surface area contributed by atoms with E-state index in [0.717, 1.165) is 36.4 Å². The minimum Gasteiger partial charge on any atom is -0.312 e. The largest absolute Gasteiger partial charge is 0.312 e. The Bertz CT molecular complexity index is 468. The van der Waals surface area contributed by atoms with Gasteiger partial charge < -0.3 is 10.2 Å². The van der Waals surface area contributed by atoms with Gasteiger partial charge in [-0.15, -0.1) is 0 Å². The zero-order valence-electron chi connectivity index (χ0n) is 12.5. The Hall–Kier alpha value is -0.480. The smallest absolute Gasteiger partial charge is 0.262 e. The van der Waals surface area contributed by atoms with Gasteiger partial charge in [0, 0.05) is 0 Å². The van der Waals surface area contributed by atoms with Crippen molar-refractivity contribution in [3.63, 3.8) is 0 Å². The van der Waals surface area contributed by atoms with Crippen LogP contribution < -0.4 is 10.2 Å². The molecule has 0 spiro atoms. The highest BCUT2D eigenvalue weighted by molar-refractivity contribution is 6.68. The van der Waals surface area contributed by atoms with Crippen molar-refractivity contribution in [2.75, 3.05) is 13.1 Å². The second-order valence-electron chi connectivity index (χ2n) is 5.78. The molecule has 2 N–H and O–H groups in total. The summed E-state index contributed by atoms with van der Waals surface area (Å²) in [6.07, 6.45) is 4.39. The van der Waals surface area contributed by atoms with Gasteiger partial charge in [0.05, 0.1) is 19.5 Å². The molecule has 1 aromatic carbocycles. The van der Waals surface area contributed by atoms with Crippen molar-refractivity contribution in [3.05, 3.63) is 35.9 Å². The lowest BCUT2D eigenvalue weighted by atomic mass is 10.1. The number of amides is 1. The van der Waals surface area contributed by atoms with Gasteiger partial charge in [0.1, 0.15) is 0 Å². The van der Waals surface area contributed by atoms with Gasteiger partial charge in [-0.25, -0.2) is 0 Å². The Kier molecular flexibility index (Phi) is 6.82. The third kappa shape index (κ3) is 5.62. The van der Waals surface area contributed by atoms with Crippen LogP contribution in [0.2, 0.25) is 0 Å². The van der Waals surface area contributed by atoms with E-state index in [1.54, 1.807) is 0 Å². The second-order valence-corrected chi connectivity index (χ2v) is 8.15. The van der Waals surface area contributed by atoms with Crippen LogP contribution in [0.1, 0.15) is 31.2 Å². The van der Waals surface area contributed by atoms with Crippen LogP contribution in [-0.4, -0.2) is 29.0 Å². The summed E-state index contributed by atoms with van der Waals surface area (Å²) in [6, 6.07) is 9.59. The molecule has 22 heavy (non-hydrogen) atoms. The molecule has 0 unspecified atom stereocenters. The number of likely N-dealkylation sites (tertiary alicyclic amines) is 1. The highest BCUT2D eigenvalue weighted by Crippen LogP contribution is 2.28. The molecule has 2 rings (SSSR count). The average molecular weight is 365 g/mol. The molecule has 1 aromatic rings. The van der Waals surface area contributed by atoms with Gasteiger partial charge in [0.2, 0.25) is 12.1 Å². The lowest BCUT2D eigenvalue weighted by molar-refractivity contribution is -0.926.